The highest BCUT2D eigenvalue weighted by Gasteiger charge is 2.43. The fourth-order valence-electron chi connectivity index (χ4n) is 4.25. The Labute approximate surface area is 145 Å². The lowest BCUT2D eigenvalue weighted by Gasteiger charge is -2.31. The standard InChI is InChI=1S/C20H30N2O2/c1-15-7-8-17(12-18(15)24-2)20(9-3-4-10-20)19(23)22-14-16-6-5-11-21-13-16/h7-8,12,16,21H,3-6,9-11,13-14H2,1-2H3,(H,22,23). The van der Waals surface area contributed by atoms with E-state index in [0.717, 1.165) is 62.2 Å². The minimum Gasteiger partial charge on any atom is -0.496 e. The number of rotatable bonds is 5. The monoisotopic (exact) mass is 330 g/mol. The molecule has 1 aliphatic heterocycles. The first-order valence-electron chi connectivity index (χ1n) is 9.30. The second-order valence-corrected chi connectivity index (χ2v) is 7.40. The van der Waals surface area contributed by atoms with Gasteiger partial charge >= 0.3 is 0 Å². The van der Waals surface area contributed by atoms with Crippen LogP contribution in [0.4, 0.5) is 0 Å². The number of amides is 1. The molecule has 1 saturated heterocycles. The third kappa shape index (κ3) is 3.44. The van der Waals surface area contributed by atoms with Gasteiger partial charge in [0.05, 0.1) is 12.5 Å². The number of hydrogen-bond acceptors (Lipinski definition) is 3. The Morgan fingerprint density at radius 2 is 2.12 bits per heavy atom. The van der Waals surface area contributed by atoms with Crippen LogP contribution in [-0.4, -0.2) is 32.7 Å². The molecule has 4 heteroatoms. The van der Waals surface area contributed by atoms with Crippen molar-refractivity contribution in [2.45, 2.75) is 50.9 Å². The molecule has 2 N–H and O–H groups in total. The van der Waals surface area contributed by atoms with E-state index in [1.807, 2.05) is 6.92 Å². The summed E-state index contributed by atoms with van der Waals surface area (Å²) in [5.74, 6) is 1.65. The maximum absolute atomic E-state index is 13.1. The van der Waals surface area contributed by atoms with Gasteiger partial charge in [-0.25, -0.2) is 0 Å². The number of ether oxygens (including phenoxy) is 1. The molecule has 1 amide bonds. The number of aryl methyl sites for hydroxylation is 1. The van der Waals surface area contributed by atoms with Gasteiger partial charge < -0.3 is 15.4 Å². The summed E-state index contributed by atoms with van der Waals surface area (Å²) in [6.45, 7) is 4.96. The minimum absolute atomic E-state index is 0.205. The summed E-state index contributed by atoms with van der Waals surface area (Å²) in [5.41, 5.74) is 1.85. The number of carbonyl (C=O) groups is 1. The Balaban J connectivity index is 1.76. The summed E-state index contributed by atoms with van der Waals surface area (Å²) in [5, 5.41) is 6.69. The van der Waals surface area contributed by atoms with Crippen molar-refractivity contribution in [3.63, 3.8) is 0 Å². The van der Waals surface area contributed by atoms with Crippen LogP contribution in [0.15, 0.2) is 18.2 Å². The Bertz CT molecular complexity index is 573. The van der Waals surface area contributed by atoms with Gasteiger partial charge in [0.15, 0.2) is 0 Å². The van der Waals surface area contributed by atoms with Crippen LogP contribution in [0.1, 0.15) is 49.7 Å². The molecule has 1 aromatic rings. The molecule has 3 rings (SSSR count). The summed E-state index contributed by atoms with van der Waals surface area (Å²) < 4.78 is 5.49. The molecule has 1 atom stereocenters. The van der Waals surface area contributed by atoms with E-state index >= 15 is 0 Å². The number of nitrogens with one attached hydrogen (secondary N) is 2. The molecule has 0 aromatic heterocycles. The second-order valence-electron chi connectivity index (χ2n) is 7.40. The molecular weight excluding hydrogens is 300 g/mol. The largest absolute Gasteiger partial charge is 0.496 e. The quantitative estimate of drug-likeness (QED) is 0.873. The van der Waals surface area contributed by atoms with Crippen LogP contribution in [0.3, 0.4) is 0 Å². The zero-order chi connectivity index (χ0) is 17.0. The van der Waals surface area contributed by atoms with Crippen molar-refractivity contribution < 1.29 is 9.53 Å². The van der Waals surface area contributed by atoms with Crippen molar-refractivity contribution >= 4 is 5.91 Å². The molecule has 1 aromatic carbocycles. The van der Waals surface area contributed by atoms with Crippen LogP contribution < -0.4 is 15.4 Å². The normalized spacial score (nSPS) is 23.0. The van der Waals surface area contributed by atoms with Crippen molar-refractivity contribution in [2.75, 3.05) is 26.7 Å². The van der Waals surface area contributed by atoms with Gasteiger partial charge in [0, 0.05) is 6.54 Å². The molecule has 1 saturated carbocycles. The highest BCUT2D eigenvalue weighted by atomic mass is 16.5. The van der Waals surface area contributed by atoms with E-state index in [1.165, 1.54) is 12.8 Å². The SMILES string of the molecule is COc1cc(C2(C(=O)NCC3CCCNC3)CCCC2)ccc1C. The molecule has 2 aliphatic rings. The molecule has 24 heavy (non-hydrogen) atoms. The van der Waals surface area contributed by atoms with Crippen molar-refractivity contribution in [3.05, 3.63) is 29.3 Å². The smallest absolute Gasteiger partial charge is 0.230 e. The number of hydrogen-bond donors (Lipinski definition) is 2. The summed E-state index contributed by atoms with van der Waals surface area (Å²) in [6, 6.07) is 6.26. The van der Waals surface area contributed by atoms with Gasteiger partial charge in [0.2, 0.25) is 5.91 Å². The highest BCUT2D eigenvalue weighted by Crippen LogP contribution is 2.42. The number of carbonyl (C=O) groups excluding carboxylic acids is 1. The van der Waals surface area contributed by atoms with Crippen molar-refractivity contribution in [1.29, 1.82) is 0 Å². The first-order chi connectivity index (χ1) is 11.7. The Hall–Kier alpha value is -1.55. The predicted molar refractivity (Wildman–Crippen MR) is 96.5 cm³/mol. The average molecular weight is 330 g/mol. The number of benzene rings is 1. The Kier molecular flexibility index (Phi) is 5.44. The minimum atomic E-state index is -0.372. The van der Waals surface area contributed by atoms with Crippen molar-refractivity contribution in [2.24, 2.45) is 5.92 Å². The van der Waals surface area contributed by atoms with E-state index in [0.29, 0.717) is 5.92 Å². The van der Waals surface area contributed by atoms with E-state index in [4.69, 9.17) is 4.74 Å². The number of piperidine rings is 1. The molecule has 1 heterocycles. The fourth-order valence-corrected chi connectivity index (χ4v) is 4.25. The van der Waals surface area contributed by atoms with Crippen molar-refractivity contribution in [1.82, 2.24) is 10.6 Å². The third-order valence-corrected chi connectivity index (χ3v) is 5.80. The second kappa shape index (κ2) is 7.56. The van der Waals surface area contributed by atoms with Crippen LogP contribution in [0, 0.1) is 12.8 Å². The first-order valence-corrected chi connectivity index (χ1v) is 9.30. The maximum atomic E-state index is 13.1. The average Bonchev–Trinajstić information content (AvgIpc) is 3.12. The maximum Gasteiger partial charge on any atom is 0.230 e. The van der Waals surface area contributed by atoms with Crippen LogP contribution in [0.5, 0.6) is 5.75 Å². The number of methoxy groups -OCH3 is 1. The highest BCUT2D eigenvalue weighted by molar-refractivity contribution is 5.88. The van der Waals surface area contributed by atoms with Crippen LogP contribution in [-0.2, 0) is 10.2 Å². The van der Waals surface area contributed by atoms with E-state index in [2.05, 4.69) is 28.8 Å². The lowest BCUT2D eigenvalue weighted by atomic mass is 9.77. The third-order valence-electron chi connectivity index (χ3n) is 5.80. The summed E-state index contributed by atoms with van der Waals surface area (Å²) >= 11 is 0. The zero-order valence-electron chi connectivity index (χ0n) is 15.0. The molecule has 132 valence electrons. The Morgan fingerprint density at radius 3 is 2.79 bits per heavy atom. The van der Waals surface area contributed by atoms with Gasteiger partial charge in [0.1, 0.15) is 5.75 Å². The topological polar surface area (TPSA) is 50.4 Å². The zero-order valence-corrected chi connectivity index (χ0v) is 15.0. The summed E-state index contributed by atoms with van der Waals surface area (Å²) in [7, 11) is 1.70. The fraction of sp³-hybridized carbons (Fsp3) is 0.650. The van der Waals surface area contributed by atoms with Gasteiger partial charge in [-0.3, -0.25) is 4.79 Å². The predicted octanol–water partition coefficient (Wildman–Crippen LogP) is 2.93. The van der Waals surface area contributed by atoms with Gasteiger partial charge in [-0.1, -0.05) is 25.0 Å². The first kappa shape index (κ1) is 17.3. The summed E-state index contributed by atoms with van der Waals surface area (Å²) in [6.07, 6.45) is 6.53. The summed E-state index contributed by atoms with van der Waals surface area (Å²) in [4.78, 5) is 13.1. The molecular formula is C20H30N2O2. The van der Waals surface area contributed by atoms with Gasteiger partial charge in [0.25, 0.3) is 0 Å². The molecule has 2 fully saturated rings. The van der Waals surface area contributed by atoms with E-state index in [1.54, 1.807) is 7.11 Å². The molecule has 1 unspecified atom stereocenters. The molecule has 4 nitrogen and oxygen atoms in total. The van der Waals surface area contributed by atoms with E-state index in [9.17, 15) is 4.79 Å². The van der Waals surface area contributed by atoms with Crippen molar-refractivity contribution in [3.8, 4) is 5.75 Å². The van der Waals surface area contributed by atoms with Gasteiger partial charge in [-0.15, -0.1) is 0 Å². The Morgan fingerprint density at radius 1 is 1.33 bits per heavy atom. The molecule has 0 spiro atoms. The van der Waals surface area contributed by atoms with Crippen LogP contribution in [0.2, 0.25) is 0 Å². The lowest BCUT2D eigenvalue weighted by molar-refractivity contribution is -0.126. The van der Waals surface area contributed by atoms with E-state index < -0.39 is 0 Å². The van der Waals surface area contributed by atoms with Crippen LogP contribution >= 0.6 is 0 Å². The molecule has 0 bridgehead atoms. The van der Waals surface area contributed by atoms with E-state index in [-0.39, 0.29) is 11.3 Å². The molecule has 1 aliphatic carbocycles. The van der Waals surface area contributed by atoms with Gasteiger partial charge in [-0.2, -0.15) is 0 Å². The lowest BCUT2D eigenvalue weighted by Crippen LogP contribution is -2.46. The van der Waals surface area contributed by atoms with Gasteiger partial charge in [-0.05, 0) is 68.8 Å². The van der Waals surface area contributed by atoms with Crippen LogP contribution in [0.25, 0.3) is 0 Å². The molecule has 0 radical (unpaired) electrons.